The van der Waals surface area contributed by atoms with Gasteiger partial charge < -0.3 is 25.1 Å². The summed E-state index contributed by atoms with van der Waals surface area (Å²) < 4.78 is 0. The number of aromatic nitrogens is 5. The van der Waals surface area contributed by atoms with Gasteiger partial charge >= 0.3 is 0 Å². The van der Waals surface area contributed by atoms with Crippen LogP contribution in [-0.4, -0.2) is 65.7 Å². The number of hydrogen-bond acceptors (Lipinski definition) is 6. The van der Waals surface area contributed by atoms with Crippen LogP contribution in [0.5, 0.6) is 0 Å². The third-order valence-electron chi connectivity index (χ3n) is 9.49. The number of nitrogens with one attached hydrogen (secondary N) is 3. The summed E-state index contributed by atoms with van der Waals surface area (Å²) in [5.41, 5.74) is 7.01. The SMILES string of the molecule is CC.CCCN(Cc1ncc(-c2ccc(-c3ccc(-c4cnc(C5CCCN5C(=O)C(Nc5cccnc5)C(C)C)[nH]4)cc3)cc2)[nH]1)C(=O)CC(C)C. The molecule has 1 aliphatic rings. The molecule has 4 heterocycles. The Labute approximate surface area is 314 Å². The Balaban J connectivity index is 0.00000266. The topological polar surface area (TPSA) is 123 Å². The number of imidazole rings is 2. The van der Waals surface area contributed by atoms with Crippen LogP contribution in [0.25, 0.3) is 33.6 Å². The average Bonchev–Trinajstić information content (AvgIpc) is 3.96. The molecule has 2 amide bonds. The van der Waals surface area contributed by atoms with Gasteiger partial charge in [-0.2, -0.15) is 0 Å². The molecule has 280 valence electrons. The number of carbonyl (C=O) groups excluding carboxylic acids is 2. The summed E-state index contributed by atoms with van der Waals surface area (Å²) in [7, 11) is 0. The van der Waals surface area contributed by atoms with Crippen molar-refractivity contribution in [3.8, 4) is 33.6 Å². The Morgan fingerprint density at radius 3 is 2.08 bits per heavy atom. The normalized spacial score (nSPS) is 14.6. The minimum absolute atomic E-state index is 0.0878. The highest BCUT2D eigenvalue weighted by atomic mass is 16.2. The van der Waals surface area contributed by atoms with Crippen LogP contribution < -0.4 is 5.32 Å². The van der Waals surface area contributed by atoms with Gasteiger partial charge in [0.05, 0.1) is 42.1 Å². The van der Waals surface area contributed by atoms with Gasteiger partial charge in [0, 0.05) is 31.9 Å². The van der Waals surface area contributed by atoms with E-state index < -0.39 is 0 Å². The van der Waals surface area contributed by atoms with Gasteiger partial charge in [-0.25, -0.2) is 9.97 Å². The molecule has 3 aromatic heterocycles. The molecule has 3 N–H and O–H groups in total. The molecule has 1 aliphatic heterocycles. The van der Waals surface area contributed by atoms with Gasteiger partial charge in [-0.15, -0.1) is 0 Å². The lowest BCUT2D eigenvalue weighted by molar-refractivity contribution is -0.134. The molecule has 0 saturated carbocycles. The average molecular weight is 717 g/mol. The summed E-state index contributed by atoms with van der Waals surface area (Å²) in [6, 6.07) is 20.3. The van der Waals surface area contributed by atoms with Gasteiger partial charge in [0.15, 0.2) is 0 Å². The van der Waals surface area contributed by atoms with E-state index in [2.05, 4.69) is 108 Å². The second-order valence-corrected chi connectivity index (χ2v) is 14.3. The number of carbonyl (C=O) groups is 2. The second-order valence-electron chi connectivity index (χ2n) is 14.3. The number of amides is 2. The van der Waals surface area contributed by atoms with E-state index in [1.165, 1.54) is 0 Å². The molecule has 53 heavy (non-hydrogen) atoms. The highest BCUT2D eigenvalue weighted by Crippen LogP contribution is 2.34. The number of rotatable bonds is 14. The van der Waals surface area contributed by atoms with Gasteiger partial charge in [-0.3, -0.25) is 14.6 Å². The van der Waals surface area contributed by atoms with E-state index in [0.29, 0.717) is 25.4 Å². The third kappa shape index (κ3) is 9.80. The Bertz CT molecular complexity index is 1880. The van der Waals surface area contributed by atoms with Crippen molar-refractivity contribution >= 4 is 17.5 Å². The minimum Gasteiger partial charge on any atom is -0.372 e. The lowest BCUT2D eigenvalue weighted by Crippen LogP contribution is -2.45. The Kier molecular flexibility index (Phi) is 13.6. The number of aromatic amines is 2. The van der Waals surface area contributed by atoms with Crippen molar-refractivity contribution in [2.24, 2.45) is 11.8 Å². The van der Waals surface area contributed by atoms with E-state index >= 15 is 0 Å². The van der Waals surface area contributed by atoms with Crippen LogP contribution >= 0.6 is 0 Å². The molecule has 0 aliphatic carbocycles. The summed E-state index contributed by atoms with van der Waals surface area (Å²) in [6.07, 6.45) is 10.5. The first-order chi connectivity index (χ1) is 25.7. The molecule has 0 bridgehead atoms. The highest BCUT2D eigenvalue weighted by molar-refractivity contribution is 5.85. The monoisotopic (exact) mass is 716 g/mol. The lowest BCUT2D eigenvalue weighted by atomic mass is 10.0. The van der Waals surface area contributed by atoms with Crippen molar-refractivity contribution in [3.05, 3.63) is 97.1 Å². The molecule has 0 radical (unpaired) electrons. The van der Waals surface area contributed by atoms with Crippen molar-refractivity contribution in [1.29, 1.82) is 0 Å². The second kappa shape index (κ2) is 18.5. The van der Waals surface area contributed by atoms with E-state index in [1.807, 2.05) is 48.2 Å². The third-order valence-corrected chi connectivity index (χ3v) is 9.49. The van der Waals surface area contributed by atoms with E-state index in [1.54, 1.807) is 12.4 Å². The van der Waals surface area contributed by atoms with Gasteiger partial charge in [-0.1, -0.05) is 97.0 Å². The van der Waals surface area contributed by atoms with Crippen LogP contribution in [0.15, 0.2) is 85.5 Å². The summed E-state index contributed by atoms with van der Waals surface area (Å²) in [5, 5.41) is 3.41. The van der Waals surface area contributed by atoms with Gasteiger partial charge in [0.2, 0.25) is 11.8 Å². The van der Waals surface area contributed by atoms with E-state index in [9.17, 15) is 9.59 Å². The van der Waals surface area contributed by atoms with Crippen LogP contribution in [-0.2, 0) is 16.1 Å². The first-order valence-electron chi connectivity index (χ1n) is 19.2. The number of nitrogens with zero attached hydrogens (tertiary/aromatic N) is 5. The Morgan fingerprint density at radius 2 is 1.49 bits per heavy atom. The number of pyridine rings is 1. The van der Waals surface area contributed by atoms with Crippen LogP contribution in [0.3, 0.4) is 0 Å². The van der Waals surface area contributed by atoms with Crippen LogP contribution in [0, 0.1) is 11.8 Å². The number of H-pyrrole nitrogens is 2. The van der Waals surface area contributed by atoms with Crippen molar-refractivity contribution in [2.75, 3.05) is 18.4 Å². The highest BCUT2D eigenvalue weighted by Gasteiger charge is 2.36. The zero-order valence-electron chi connectivity index (χ0n) is 32.4. The maximum atomic E-state index is 13.8. The minimum atomic E-state index is -0.351. The smallest absolute Gasteiger partial charge is 0.245 e. The van der Waals surface area contributed by atoms with Crippen LogP contribution in [0.1, 0.15) is 91.8 Å². The molecule has 2 unspecified atom stereocenters. The van der Waals surface area contributed by atoms with Crippen LogP contribution in [0.4, 0.5) is 5.69 Å². The largest absolute Gasteiger partial charge is 0.372 e. The molecule has 0 spiro atoms. The Hall–Kier alpha value is -5.25. The van der Waals surface area contributed by atoms with Crippen molar-refractivity contribution in [1.82, 2.24) is 34.7 Å². The number of anilines is 1. The Morgan fingerprint density at radius 1 is 0.868 bits per heavy atom. The predicted molar refractivity (Wildman–Crippen MR) is 214 cm³/mol. The molecule has 5 aromatic rings. The molecular formula is C43H56N8O2. The fourth-order valence-electron chi connectivity index (χ4n) is 6.78. The molecule has 2 atom stereocenters. The molecule has 1 saturated heterocycles. The summed E-state index contributed by atoms with van der Waals surface area (Å²) >= 11 is 0. The lowest BCUT2D eigenvalue weighted by Gasteiger charge is -2.30. The maximum Gasteiger partial charge on any atom is 0.245 e. The number of hydrogen-bond donors (Lipinski definition) is 3. The zero-order chi connectivity index (χ0) is 37.9. The van der Waals surface area contributed by atoms with Gasteiger partial charge in [-0.05, 0) is 65.5 Å². The first-order valence-corrected chi connectivity index (χ1v) is 19.2. The van der Waals surface area contributed by atoms with E-state index in [4.69, 9.17) is 4.98 Å². The molecule has 1 fully saturated rings. The summed E-state index contributed by atoms with van der Waals surface area (Å²) in [5.74, 6) is 2.31. The molecule has 10 nitrogen and oxygen atoms in total. The molecule has 2 aromatic carbocycles. The van der Waals surface area contributed by atoms with Gasteiger partial charge in [0.1, 0.15) is 17.7 Å². The molecule has 6 rings (SSSR count). The molecule has 10 heteroatoms. The molecular weight excluding hydrogens is 661 g/mol. The summed E-state index contributed by atoms with van der Waals surface area (Å²) in [6.45, 7) is 16.3. The van der Waals surface area contributed by atoms with Crippen molar-refractivity contribution < 1.29 is 9.59 Å². The predicted octanol–water partition coefficient (Wildman–Crippen LogP) is 9.14. The van der Waals surface area contributed by atoms with E-state index in [0.717, 1.165) is 76.8 Å². The van der Waals surface area contributed by atoms with Gasteiger partial charge in [0.25, 0.3) is 0 Å². The number of likely N-dealkylation sites (tertiary alicyclic amines) is 1. The number of benzene rings is 2. The summed E-state index contributed by atoms with van der Waals surface area (Å²) in [4.78, 5) is 50.9. The standard InChI is InChI=1S/C41H50N8O2.C2H6/c1-6-20-48(38(50)22-27(2)3)26-37-43-24-34(46-37)31-15-11-29(12-16-31)30-13-17-32(18-14-30)35-25-44-40(47-35)36-10-8-21-49(36)41(51)39(28(4)5)45-33-9-7-19-42-23-33;1-2/h7,9,11-19,23-25,27-28,36,39,45H,6,8,10,20-22,26H2,1-5H3,(H,43,46)(H,44,47);1-2H3. The van der Waals surface area contributed by atoms with Crippen LogP contribution in [0.2, 0.25) is 0 Å². The quantitative estimate of drug-likeness (QED) is 0.105. The maximum absolute atomic E-state index is 13.8. The van der Waals surface area contributed by atoms with Crippen molar-refractivity contribution in [3.63, 3.8) is 0 Å². The fraction of sp³-hybridized carbons (Fsp3) is 0.419. The van der Waals surface area contributed by atoms with E-state index in [-0.39, 0.29) is 29.8 Å². The first kappa shape index (κ1) is 39.0. The van der Waals surface area contributed by atoms with Crippen molar-refractivity contribution in [2.45, 2.75) is 92.8 Å². The zero-order valence-corrected chi connectivity index (χ0v) is 32.4. The fourth-order valence-corrected chi connectivity index (χ4v) is 6.78.